The van der Waals surface area contributed by atoms with E-state index in [9.17, 15) is 0 Å². The number of nitrogens with one attached hydrogen (secondary N) is 2. The average molecular weight is 378 g/mol. The number of imidazole rings is 1. The predicted molar refractivity (Wildman–Crippen MR) is 110 cm³/mol. The minimum absolute atomic E-state index is 0.230. The van der Waals surface area contributed by atoms with Gasteiger partial charge in [0, 0.05) is 18.3 Å². The van der Waals surface area contributed by atoms with Gasteiger partial charge in [-0.3, -0.25) is 4.57 Å². The highest BCUT2D eigenvalue weighted by atomic mass is 16.5. The van der Waals surface area contributed by atoms with Gasteiger partial charge in [-0.25, -0.2) is 9.97 Å². The number of benzene rings is 1. The largest absolute Gasteiger partial charge is 0.379 e. The first-order chi connectivity index (χ1) is 13.9. The highest BCUT2D eigenvalue weighted by Crippen LogP contribution is 2.30. The fraction of sp³-hybridized carbons (Fsp3) is 0.476. The number of rotatable bonds is 5. The van der Waals surface area contributed by atoms with Crippen LogP contribution in [-0.2, 0) is 4.74 Å². The second kappa shape index (κ2) is 7.75. The van der Waals surface area contributed by atoms with Gasteiger partial charge in [0.25, 0.3) is 0 Å². The number of para-hydroxylation sites is 1. The molecule has 146 valence electrons. The molecule has 1 saturated carbocycles. The molecule has 1 aliphatic heterocycles. The van der Waals surface area contributed by atoms with Gasteiger partial charge in [0.05, 0.1) is 18.8 Å². The molecule has 0 radical (unpaired) electrons. The average Bonchev–Trinajstić information content (AvgIpc) is 3.37. The molecule has 7 heteroatoms. The van der Waals surface area contributed by atoms with E-state index in [1.165, 1.54) is 32.1 Å². The van der Waals surface area contributed by atoms with Gasteiger partial charge in [-0.15, -0.1) is 0 Å². The van der Waals surface area contributed by atoms with E-state index in [1.807, 2.05) is 36.5 Å². The van der Waals surface area contributed by atoms with Crippen molar-refractivity contribution in [3.63, 3.8) is 0 Å². The Morgan fingerprint density at radius 2 is 1.86 bits per heavy atom. The molecule has 0 spiro atoms. The van der Waals surface area contributed by atoms with Crippen LogP contribution >= 0.6 is 0 Å². The van der Waals surface area contributed by atoms with Crippen LogP contribution in [0.25, 0.3) is 11.2 Å². The first kappa shape index (κ1) is 17.4. The van der Waals surface area contributed by atoms with E-state index in [1.54, 1.807) is 0 Å². The van der Waals surface area contributed by atoms with E-state index >= 15 is 0 Å². The van der Waals surface area contributed by atoms with Crippen molar-refractivity contribution < 1.29 is 4.74 Å². The van der Waals surface area contributed by atoms with Crippen molar-refractivity contribution in [1.82, 2.24) is 19.5 Å². The molecule has 5 rings (SSSR count). The number of nitrogens with zero attached hydrogens (tertiary/aromatic N) is 4. The smallest absolute Gasteiger partial charge is 0.224 e. The van der Waals surface area contributed by atoms with Crippen LogP contribution in [0.4, 0.5) is 17.6 Å². The van der Waals surface area contributed by atoms with E-state index in [2.05, 4.69) is 20.2 Å². The Hall–Kier alpha value is -2.67. The molecule has 2 aliphatic rings. The van der Waals surface area contributed by atoms with Crippen LogP contribution in [0.5, 0.6) is 0 Å². The van der Waals surface area contributed by atoms with Gasteiger partial charge >= 0.3 is 0 Å². The van der Waals surface area contributed by atoms with Crippen molar-refractivity contribution >= 4 is 28.7 Å². The molecule has 3 heterocycles. The first-order valence-corrected chi connectivity index (χ1v) is 10.3. The van der Waals surface area contributed by atoms with E-state index in [4.69, 9.17) is 14.7 Å². The summed E-state index contributed by atoms with van der Waals surface area (Å²) in [5, 5.41) is 6.98. The van der Waals surface area contributed by atoms with Crippen molar-refractivity contribution in [1.29, 1.82) is 0 Å². The molecule has 2 fully saturated rings. The SMILES string of the molecule is c1ccc(Nc2nc3cnc(NC4CCCCC4)nc3n2C2CCOC2)cc1. The van der Waals surface area contributed by atoms with Crippen LogP contribution < -0.4 is 10.6 Å². The van der Waals surface area contributed by atoms with E-state index in [-0.39, 0.29) is 6.04 Å². The minimum atomic E-state index is 0.230. The zero-order valence-electron chi connectivity index (χ0n) is 16.0. The molecule has 1 atom stereocenters. The lowest BCUT2D eigenvalue weighted by molar-refractivity contribution is 0.187. The molecule has 1 saturated heterocycles. The standard InChI is InChI=1S/C21H26N6O/c1-3-7-15(8-4-1)23-20-22-13-18-19(26-20)27(17-11-12-28-14-17)21(25-18)24-16-9-5-2-6-10-16/h2,5-6,9-10,13,15,17H,1,3-4,7-8,11-12,14H2,(H,24,25)(H,22,23,26). The number of fused-ring (bicyclic) bond motifs is 1. The highest BCUT2D eigenvalue weighted by molar-refractivity contribution is 5.76. The third kappa shape index (κ3) is 3.54. The van der Waals surface area contributed by atoms with E-state index < -0.39 is 0 Å². The molecule has 1 aliphatic carbocycles. The summed E-state index contributed by atoms with van der Waals surface area (Å²) >= 11 is 0. The Balaban J connectivity index is 1.50. The maximum absolute atomic E-state index is 5.65. The van der Waals surface area contributed by atoms with Crippen LogP contribution in [0.3, 0.4) is 0 Å². The maximum atomic E-state index is 5.65. The lowest BCUT2D eigenvalue weighted by Crippen LogP contribution is -2.23. The van der Waals surface area contributed by atoms with Crippen LogP contribution in [0.15, 0.2) is 36.5 Å². The van der Waals surface area contributed by atoms with Gasteiger partial charge in [-0.2, -0.15) is 4.98 Å². The van der Waals surface area contributed by atoms with Crippen LogP contribution in [-0.4, -0.2) is 38.8 Å². The maximum Gasteiger partial charge on any atom is 0.224 e. The molecule has 7 nitrogen and oxygen atoms in total. The van der Waals surface area contributed by atoms with E-state index in [0.717, 1.165) is 35.8 Å². The van der Waals surface area contributed by atoms with Gasteiger partial charge in [0.1, 0.15) is 5.52 Å². The summed E-state index contributed by atoms with van der Waals surface area (Å²) in [6.45, 7) is 1.46. The first-order valence-electron chi connectivity index (χ1n) is 10.3. The van der Waals surface area contributed by atoms with Crippen LogP contribution in [0.1, 0.15) is 44.6 Å². The molecule has 2 aromatic heterocycles. The lowest BCUT2D eigenvalue weighted by Gasteiger charge is -2.22. The van der Waals surface area contributed by atoms with Gasteiger partial charge in [0.2, 0.25) is 11.9 Å². The highest BCUT2D eigenvalue weighted by Gasteiger charge is 2.25. The van der Waals surface area contributed by atoms with Crippen LogP contribution in [0.2, 0.25) is 0 Å². The molecule has 2 N–H and O–H groups in total. The molecule has 28 heavy (non-hydrogen) atoms. The number of ether oxygens (including phenoxy) is 1. The normalized spacial score (nSPS) is 20.5. The van der Waals surface area contributed by atoms with Crippen LogP contribution in [0, 0.1) is 0 Å². The number of anilines is 3. The summed E-state index contributed by atoms with van der Waals surface area (Å²) in [7, 11) is 0. The second-order valence-corrected chi connectivity index (χ2v) is 7.70. The van der Waals surface area contributed by atoms with Crippen molar-refractivity contribution in [2.24, 2.45) is 0 Å². The second-order valence-electron chi connectivity index (χ2n) is 7.70. The Labute approximate surface area is 164 Å². The molecular weight excluding hydrogens is 352 g/mol. The number of hydrogen-bond donors (Lipinski definition) is 2. The Morgan fingerprint density at radius 3 is 2.64 bits per heavy atom. The monoisotopic (exact) mass is 378 g/mol. The van der Waals surface area contributed by atoms with Gasteiger partial charge in [0.15, 0.2) is 5.65 Å². The summed E-state index contributed by atoms with van der Waals surface area (Å²) in [4.78, 5) is 14.2. The molecular formula is C21H26N6O. The van der Waals surface area contributed by atoms with Gasteiger partial charge in [-0.1, -0.05) is 37.5 Å². The zero-order valence-corrected chi connectivity index (χ0v) is 16.0. The lowest BCUT2D eigenvalue weighted by atomic mass is 9.96. The predicted octanol–water partition coefficient (Wildman–Crippen LogP) is 4.28. The molecule has 1 aromatic carbocycles. The summed E-state index contributed by atoms with van der Waals surface area (Å²) in [5.41, 5.74) is 2.67. The van der Waals surface area contributed by atoms with Gasteiger partial charge < -0.3 is 15.4 Å². The minimum Gasteiger partial charge on any atom is -0.379 e. The fourth-order valence-corrected chi connectivity index (χ4v) is 4.20. The Kier molecular flexibility index (Phi) is 4.83. The van der Waals surface area contributed by atoms with Crippen molar-refractivity contribution in [2.75, 3.05) is 23.8 Å². The van der Waals surface area contributed by atoms with Crippen molar-refractivity contribution in [2.45, 2.75) is 50.6 Å². The molecule has 0 amide bonds. The quantitative estimate of drug-likeness (QED) is 0.690. The summed E-state index contributed by atoms with van der Waals surface area (Å²) in [5.74, 6) is 1.49. The molecule has 0 bridgehead atoms. The Bertz CT molecular complexity index is 929. The van der Waals surface area contributed by atoms with Crippen molar-refractivity contribution in [3.05, 3.63) is 36.5 Å². The van der Waals surface area contributed by atoms with Crippen molar-refractivity contribution in [3.8, 4) is 0 Å². The zero-order chi connectivity index (χ0) is 18.8. The third-order valence-electron chi connectivity index (χ3n) is 5.67. The number of aromatic nitrogens is 4. The summed E-state index contributed by atoms with van der Waals surface area (Å²) in [6, 6.07) is 10.8. The summed E-state index contributed by atoms with van der Waals surface area (Å²) in [6.07, 6.45) is 9.07. The summed E-state index contributed by atoms with van der Waals surface area (Å²) < 4.78 is 7.83. The van der Waals surface area contributed by atoms with E-state index in [0.29, 0.717) is 18.6 Å². The Morgan fingerprint density at radius 1 is 1.00 bits per heavy atom. The fourth-order valence-electron chi connectivity index (χ4n) is 4.20. The molecule has 3 aromatic rings. The number of hydrogen-bond acceptors (Lipinski definition) is 6. The third-order valence-corrected chi connectivity index (χ3v) is 5.67. The molecule has 1 unspecified atom stereocenters. The van der Waals surface area contributed by atoms with Gasteiger partial charge in [-0.05, 0) is 31.4 Å². The topological polar surface area (TPSA) is 76.9 Å².